The summed E-state index contributed by atoms with van der Waals surface area (Å²) in [5.74, 6) is 0.959. The lowest BCUT2D eigenvalue weighted by Crippen LogP contribution is -2.38. The Morgan fingerprint density at radius 1 is 1.08 bits per heavy atom. The minimum absolute atomic E-state index is 0.0365. The number of carbonyl (C=O) groups excluding carboxylic acids is 1. The average Bonchev–Trinajstić information content (AvgIpc) is 3.69. The van der Waals surface area contributed by atoms with Gasteiger partial charge >= 0.3 is 0 Å². The predicted octanol–water partition coefficient (Wildman–Crippen LogP) is 4.24. The number of fused-ring (bicyclic) bond motifs is 3. The van der Waals surface area contributed by atoms with Crippen molar-refractivity contribution in [2.75, 3.05) is 26.2 Å². The molecule has 1 aliphatic carbocycles. The molecule has 6 rings (SSSR count). The molecule has 8 nitrogen and oxygen atoms in total. The number of aromatic nitrogens is 4. The molecule has 8 heteroatoms. The first-order chi connectivity index (χ1) is 17.7. The van der Waals surface area contributed by atoms with E-state index in [0.29, 0.717) is 29.0 Å². The third-order valence-corrected chi connectivity index (χ3v) is 7.51. The van der Waals surface area contributed by atoms with Gasteiger partial charge in [0, 0.05) is 30.9 Å². The van der Waals surface area contributed by atoms with Crippen molar-refractivity contribution in [3.63, 3.8) is 0 Å². The number of furan rings is 1. The number of likely N-dealkylation sites (tertiary alicyclic amines) is 1. The van der Waals surface area contributed by atoms with Crippen LogP contribution in [0.25, 0.3) is 28.7 Å². The average molecular weight is 483 g/mol. The minimum Gasteiger partial charge on any atom is -0.463 e. The van der Waals surface area contributed by atoms with Crippen molar-refractivity contribution >= 4 is 5.91 Å². The molecule has 0 N–H and O–H groups in total. The van der Waals surface area contributed by atoms with E-state index in [9.17, 15) is 4.79 Å². The van der Waals surface area contributed by atoms with E-state index in [-0.39, 0.29) is 5.91 Å². The van der Waals surface area contributed by atoms with Crippen LogP contribution in [-0.4, -0.2) is 67.7 Å². The van der Waals surface area contributed by atoms with Crippen molar-refractivity contribution in [1.82, 2.24) is 29.5 Å². The number of nitrogens with zero attached hydrogens (tertiary/aromatic N) is 6. The van der Waals surface area contributed by atoms with E-state index in [4.69, 9.17) is 9.40 Å². The van der Waals surface area contributed by atoms with Gasteiger partial charge in [0.1, 0.15) is 5.69 Å². The lowest BCUT2D eigenvalue weighted by Gasteiger charge is -2.26. The van der Waals surface area contributed by atoms with E-state index in [1.807, 2.05) is 29.3 Å². The highest BCUT2D eigenvalue weighted by Gasteiger charge is 2.33. The van der Waals surface area contributed by atoms with Gasteiger partial charge in [-0.2, -0.15) is 9.78 Å². The number of likely N-dealkylation sites (N-methyl/N-ethyl adjacent to an activating group) is 1. The van der Waals surface area contributed by atoms with Gasteiger partial charge in [0.05, 0.1) is 23.7 Å². The maximum absolute atomic E-state index is 13.7. The van der Waals surface area contributed by atoms with Crippen molar-refractivity contribution < 1.29 is 9.21 Å². The van der Waals surface area contributed by atoms with Crippen LogP contribution in [0.2, 0.25) is 0 Å². The summed E-state index contributed by atoms with van der Waals surface area (Å²) in [6.07, 6.45) is 7.99. The number of carbonyl (C=O) groups is 1. The zero-order chi connectivity index (χ0) is 24.6. The standard InChI is InChI=1S/C28H30N6O2/c1-3-32(4-2)21-13-14-33(18-21)27(35)23-17-30-34(26(23)24-10-7-15-36-24)28-29-16-20-12-11-19-8-5-6-9-22(19)25(20)31-28/h5-10,15-17,21H,3-4,11-14,18H2,1-2H3/t21-/m0/s1. The van der Waals surface area contributed by atoms with Gasteiger partial charge in [0.25, 0.3) is 11.9 Å². The smallest absolute Gasteiger partial charge is 0.257 e. The van der Waals surface area contributed by atoms with Gasteiger partial charge in [0.15, 0.2) is 5.76 Å². The quantitative estimate of drug-likeness (QED) is 0.409. The SMILES string of the molecule is CCN(CC)[C@H]1CCN(C(=O)c2cnn(-c3ncc4c(n3)-c3ccccc3CC4)c2-c2ccco2)C1. The van der Waals surface area contributed by atoms with E-state index in [2.05, 4.69) is 47.0 Å². The Morgan fingerprint density at radius 2 is 1.92 bits per heavy atom. The summed E-state index contributed by atoms with van der Waals surface area (Å²) < 4.78 is 7.40. The number of hydrogen-bond acceptors (Lipinski definition) is 6. The van der Waals surface area contributed by atoms with Crippen LogP contribution in [0.5, 0.6) is 0 Å². The molecule has 2 aliphatic rings. The highest BCUT2D eigenvalue weighted by molar-refractivity contribution is 5.99. The zero-order valence-corrected chi connectivity index (χ0v) is 20.7. The normalized spacial score (nSPS) is 16.9. The van der Waals surface area contributed by atoms with Gasteiger partial charge in [-0.3, -0.25) is 9.69 Å². The summed E-state index contributed by atoms with van der Waals surface area (Å²) >= 11 is 0. The molecule has 36 heavy (non-hydrogen) atoms. The van der Waals surface area contributed by atoms with Crippen LogP contribution in [0.4, 0.5) is 0 Å². The summed E-state index contributed by atoms with van der Waals surface area (Å²) in [4.78, 5) is 27.7. The summed E-state index contributed by atoms with van der Waals surface area (Å²) in [6.45, 7) is 7.76. The molecular weight excluding hydrogens is 452 g/mol. The molecule has 184 valence electrons. The second-order valence-corrected chi connectivity index (χ2v) is 9.41. The summed E-state index contributed by atoms with van der Waals surface area (Å²) in [5, 5.41) is 4.60. The predicted molar refractivity (Wildman–Crippen MR) is 137 cm³/mol. The fourth-order valence-electron chi connectivity index (χ4n) is 5.60. The summed E-state index contributed by atoms with van der Waals surface area (Å²) in [7, 11) is 0. The van der Waals surface area contributed by atoms with Crippen LogP contribution in [0.1, 0.15) is 41.8 Å². The van der Waals surface area contributed by atoms with Crippen LogP contribution < -0.4 is 0 Å². The molecular formula is C28H30N6O2. The fraction of sp³-hybridized carbons (Fsp3) is 0.357. The molecule has 0 saturated carbocycles. The lowest BCUT2D eigenvalue weighted by atomic mass is 9.90. The molecule has 1 aliphatic heterocycles. The maximum Gasteiger partial charge on any atom is 0.257 e. The lowest BCUT2D eigenvalue weighted by molar-refractivity contribution is 0.0778. The van der Waals surface area contributed by atoms with Crippen LogP contribution in [0.15, 0.2) is 59.5 Å². The van der Waals surface area contributed by atoms with Crippen LogP contribution >= 0.6 is 0 Å². The Morgan fingerprint density at radius 3 is 2.72 bits per heavy atom. The molecule has 0 spiro atoms. The zero-order valence-electron chi connectivity index (χ0n) is 20.7. The third-order valence-electron chi connectivity index (χ3n) is 7.51. The molecule has 3 aromatic heterocycles. The van der Waals surface area contributed by atoms with Gasteiger partial charge < -0.3 is 9.32 Å². The molecule has 0 radical (unpaired) electrons. The summed E-state index contributed by atoms with van der Waals surface area (Å²) in [5.41, 5.74) is 5.56. The van der Waals surface area contributed by atoms with E-state index < -0.39 is 0 Å². The van der Waals surface area contributed by atoms with Crippen molar-refractivity contribution in [3.8, 4) is 28.7 Å². The van der Waals surface area contributed by atoms with Crippen molar-refractivity contribution in [2.24, 2.45) is 0 Å². The van der Waals surface area contributed by atoms with Crippen LogP contribution in [0, 0.1) is 0 Å². The third kappa shape index (κ3) is 3.82. The first kappa shape index (κ1) is 22.7. The fourth-order valence-corrected chi connectivity index (χ4v) is 5.60. The Bertz CT molecular complexity index is 1390. The topological polar surface area (TPSA) is 80.3 Å². The molecule has 0 unspecified atom stereocenters. The second-order valence-electron chi connectivity index (χ2n) is 9.41. The van der Waals surface area contributed by atoms with Gasteiger partial charge in [-0.25, -0.2) is 9.97 Å². The summed E-state index contributed by atoms with van der Waals surface area (Å²) in [6, 6.07) is 12.4. The number of hydrogen-bond donors (Lipinski definition) is 0. The van der Waals surface area contributed by atoms with Gasteiger partial charge in [-0.05, 0) is 55.6 Å². The van der Waals surface area contributed by atoms with Crippen LogP contribution in [-0.2, 0) is 12.8 Å². The number of rotatable bonds is 6. The number of amides is 1. The van der Waals surface area contributed by atoms with E-state index in [1.54, 1.807) is 17.1 Å². The van der Waals surface area contributed by atoms with E-state index >= 15 is 0 Å². The van der Waals surface area contributed by atoms with Gasteiger partial charge in [0.2, 0.25) is 0 Å². The molecule has 1 saturated heterocycles. The molecule has 1 atom stereocenters. The first-order valence-electron chi connectivity index (χ1n) is 12.8. The minimum atomic E-state index is -0.0365. The second kappa shape index (κ2) is 9.35. The molecule has 0 bridgehead atoms. The Balaban J connectivity index is 1.39. The molecule has 1 aromatic carbocycles. The van der Waals surface area contributed by atoms with E-state index in [0.717, 1.165) is 62.3 Å². The Kier molecular flexibility index (Phi) is 5.89. The first-order valence-corrected chi connectivity index (χ1v) is 12.8. The molecule has 4 heterocycles. The molecule has 1 fully saturated rings. The monoisotopic (exact) mass is 482 g/mol. The highest BCUT2D eigenvalue weighted by Crippen LogP contribution is 2.33. The number of aryl methyl sites for hydroxylation is 2. The molecule has 1 amide bonds. The van der Waals surface area contributed by atoms with Crippen LogP contribution in [0.3, 0.4) is 0 Å². The van der Waals surface area contributed by atoms with E-state index in [1.165, 1.54) is 5.56 Å². The van der Waals surface area contributed by atoms with Crippen molar-refractivity contribution in [3.05, 3.63) is 71.7 Å². The Labute approximate surface area is 210 Å². The Hall–Kier alpha value is -3.78. The highest BCUT2D eigenvalue weighted by atomic mass is 16.3. The van der Waals surface area contributed by atoms with Crippen molar-refractivity contribution in [1.29, 1.82) is 0 Å². The number of benzene rings is 1. The maximum atomic E-state index is 13.7. The van der Waals surface area contributed by atoms with Gasteiger partial charge in [-0.1, -0.05) is 38.1 Å². The van der Waals surface area contributed by atoms with Crippen molar-refractivity contribution in [2.45, 2.75) is 39.2 Å². The molecule has 4 aromatic rings. The van der Waals surface area contributed by atoms with Gasteiger partial charge in [-0.15, -0.1) is 0 Å². The largest absolute Gasteiger partial charge is 0.463 e.